The Morgan fingerprint density at radius 1 is 1.15 bits per heavy atom. The van der Waals surface area contributed by atoms with Crippen LogP contribution in [0.2, 0.25) is 5.02 Å². The molecule has 174 valence electrons. The van der Waals surface area contributed by atoms with Gasteiger partial charge in [0, 0.05) is 23.7 Å². The van der Waals surface area contributed by atoms with Crippen molar-refractivity contribution in [3.63, 3.8) is 0 Å². The smallest absolute Gasteiger partial charge is 0.269 e. The summed E-state index contributed by atoms with van der Waals surface area (Å²) in [6.07, 6.45) is 3.20. The van der Waals surface area contributed by atoms with Crippen molar-refractivity contribution in [1.82, 2.24) is 20.0 Å². The fraction of sp³-hybridized carbons (Fsp3) is 0.250. The highest BCUT2D eigenvalue weighted by atomic mass is 35.5. The molecule has 34 heavy (non-hydrogen) atoms. The van der Waals surface area contributed by atoms with Gasteiger partial charge in [-0.05, 0) is 30.9 Å². The van der Waals surface area contributed by atoms with Crippen molar-refractivity contribution in [2.75, 3.05) is 0 Å². The number of halogens is 2. The van der Waals surface area contributed by atoms with E-state index in [9.17, 15) is 18.8 Å². The number of rotatable bonds is 6. The largest absolute Gasteiger partial charge is 0.364 e. The minimum absolute atomic E-state index is 0.0105. The fourth-order valence-electron chi connectivity index (χ4n) is 4.63. The zero-order chi connectivity index (χ0) is 24.0. The average molecular weight is 482 g/mol. The van der Waals surface area contributed by atoms with Gasteiger partial charge in [0.2, 0.25) is 11.8 Å². The van der Waals surface area contributed by atoms with Crippen LogP contribution in [0.3, 0.4) is 0 Å². The van der Waals surface area contributed by atoms with Crippen molar-refractivity contribution in [3.05, 3.63) is 76.3 Å². The lowest BCUT2D eigenvalue weighted by Crippen LogP contribution is -2.56. The molecule has 3 heterocycles. The number of aromatic nitrogens is 2. The van der Waals surface area contributed by atoms with Crippen LogP contribution in [0.5, 0.6) is 0 Å². The molecule has 2 bridgehead atoms. The molecule has 0 unspecified atom stereocenters. The van der Waals surface area contributed by atoms with E-state index >= 15 is 0 Å². The lowest BCUT2D eigenvalue weighted by molar-refractivity contribution is -0.142. The van der Waals surface area contributed by atoms with Gasteiger partial charge in [0.05, 0.1) is 10.5 Å². The quantitative estimate of drug-likeness (QED) is 0.564. The van der Waals surface area contributed by atoms with Crippen LogP contribution in [-0.2, 0) is 22.7 Å². The van der Waals surface area contributed by atoms with Crippen molar-refractivity contribution in [3.8, 4) is 0 Å². The number of amides is 3. The van der Waals surface area contributed by atoms with Crippen LogP contribution in [0, 0.1) is 11.7 Å². The molecule has 1 saturated carbocycles. The third-order valence-corrected chi connectivity index (χ3v) is 6.63. The van der Waals surface area contributed by atoms with Crippen LogP contribution in [0.25, 0.3) is 10.9 Å². The van der Waals surface area contributed by atoms with Crippen LogP contribution in [-0.4, -0.2) is 38.4 Å². The van der Waals surface area contributed by atoms with Crippen LogP contribution in [0.1, 0.15) is 28.9 Å². The number of allylic oxidation sites excluding steroid dienone is 1. The number of fused-ring (bicyclic) bond motifs is 3. The summed E-state index contributed by atoms with van der Waals surface area (Å²) in [5.74, 6) is -1.99. The predicted molar refractivity (Wildman–Crippen MR) is 123 cm³/mol. The number of para-hydroxylation sites is 1. The summed E-state index contributed by atoms with van der Waals surface area (Å²) in [4.78, 5) is 39.6. The first kappa shape index (κ1) is 22.1. The number of nitrogens with one attached hydrogen (secondary N) is 1. The van der Waals surface area contributed by atoms with Crippen molar-refractivity contribution in [2.24, 2.45) is 11.7 Å². The minimum atomic E-state index is -0.718. The number of carbonyl (C=O) groups is 3. The van der Waals surface area contributed by atoms with E-state index in [2.05, 4.69) is 10.4 Å². The topological polar surface area (TPSA) is 110 Å². The van der Waals surface area contributed by atoms with Gasteiger partial charge < -0.3 is 16.0 Å². The molecule has 3 N–H and O–H groups in total. The Bertz CT molecular complexity index is 1360. The molecule has 10 heteroatoms. The van der Waals surface area contributed by atoms with E-state index < -0.39 is 17.8 Å². The molecule has 2 aliphatic heterocycles. The lowest BCUT2D eigenvalue weighted by atomic mass is 9.72. The molecule has 3 amide bonds. The van der Waals surface area contributed by atoms with E-state index in [1.54, 1.807) is 42.6 Å². The first-order chi connectivity index (χ1) is 16.3. The summed E-state index contributed by atoms with van der Waals surface area (Å²) in [5, 5.41) is 7.52. The first-order valence-corrected chi connectivity index (χ1v) is 11.2. The van der Waals surface area contributed by atoms with Gasteiger partial charge in [-0.25, -0.2) is 4.39 Å². The van der Waals surface area contributed by atoms with Crippen molar-refractivity contribution in [2.45, 2.75) is 32.0 Å². The van der Waals surface area contributed by atoms with E-state index in [1.165, 1.54) is 15.6 Å². The van der Waals surface area contributed by atoms with Gasteiger partial charge in [-0.2, -0.15) is 5.10 Å². The van der Waals surface area contributed by atoms with Gasteiger partial charge in [-0.15, -0.1) is 0 Å². The second-order valence-corrected chi connectivity index (χ2v) is 8.93. The molecule has 0 radical (unpaired) electrons. The molecular weight excluding hydrogens is 461 g/mol. The van der Waals surface area contributed by atoms with E-state index in [1.807, 2.05) is 0 Å². The Morgan fingerprint density at radius 3 is 2.68 bits per heavy atom. The third-order valence-electron chi connectivity index (χ3n) is 6.33. The maximum absolute atomic E-state index is 14.2. The molecule has 3 aliphatic rings. The van der Waals surface area contributed by atoms with Gasteiger partial charge in [-0.3, -0.25) is 19.1 Å². The number of hydrogen-bond donors (Lipinski definition) is 2. The minimum Gasteiger partial charge on any atom is -0.364 e. The summed E-state index contributed by atoms with van der Waals surface area (Å²) in [6, 6.07) is 10.9. The van der Waals surface area contributed by atoms with Crippen molar-refractivity contribution < 1.29 is 18.8 Å². The number of benzene rings is 2. The Morgan fingerprint density at radius 2 is 1.91 bits per heavy atom. The molecule has 0 spiro atoms. The normalized spacial score (nSPS) is 18.9. The standard InChI is InChI=1S/C24H21ClFN5O3/c25-17-6-3-4-14(20(17)26)10-28-24(34)22-15-8-13(9-15)11-30(22)19(32)12-31-18-7-2-1-5-16(18)21(29-31)23(27)33/h1-7,11,15,22H,8-10,12H2,(H2,27,33)(H,28,34)/t22-/m1/s1. The summed E-state index contributed by atoms with van der Waals surface area (Å²) >= 11 is 5.83. The van der Waals surface area contributed by atoms with Crippen LogP contribution in [0.4, 0.5) is 4.39 Å². The highest BCUT2D eigenvalue weighted by molar-refractivity contribution is 6.30. The molecule has 1 aromatic heterocycles. The number of nitrogens with two attached hydrogens (primary N) is 1. The summed E-state index contributed by atoms with van der Waals surface area (Å²) in [5.41, 5.74) is 7.48. The summed E-state index contributed by atoms with van der Waals surface area (Å²) < 4.78 is 15.6. The monoisotopic (exact) mass is 481 g/mol. The Kier molecular flexibility index (Phi) is 5.57. The zero-order valence-electron chi connectivity index (χ0n) is 18.0. The molecule has 3 aromatic rings. The maximum Gasteiger partial charge on any atom is 0.269 e. The van der Waals surface area contributed by atoms with Gasteiger partial charge in [-0.1, -0.05) is 47.5 Å². The van der Waals surface area contributed by atoms with Crippen LogP contribution < -0.4 is 11.1 Å². The fourth-order valence-corrected chi connectivity index (χ4v) is 4.82. The van der Waals surface area contributed by atoms with E-state index in [-0.39, 0.29) is 47.1 Å². The highest BCUT2D eigenvalue weighted by Crippen LogP contribution is 2.42. The number of primary amides is 1. The number of hydrogen-bond acceptors (Lipinski definition) is 4. The molecule has 1 atom stereocenters. The molecule has 0 saturated heterocycles. The van der Waals surface area contributed by atoms with Crippen molar-refractivity contribution >= 4 is 40.2 Å². The van der Waals surface area contributed by atoms with Crippen molar-refractivity contribution in [1.29, 1.82) is 0 Å². The Balaban J connectivity index is 1.36. The van der Waals surface area contributed by atoms with E-state index in [0.29, 0.717) is 10.9 Å². The molecule has 1 fully saturated rings. The zero-order valence-corrected chi connectivity index (χ0v) is 18.8. The second kappa shape index (κ2) is 8.57. The van der Waals surface area contributed by atoms with Gasteiger partial charge in [0.25, 0.3) is 5.91 Å². The molecular formula is C24H21ClFN5O3. The van der Waals surface area contributed by atoms with Crippen LogP contribution >= 0.6 is 11.6 Å². The van der Waals surface area contributed by atoms with E-state index in [4.69, 9.17) is 17.3 Å². The van der Waals surface area contributed by atoms with E-state index in [0.717, 1.165) is 18.4 Å². The Labute approximate surface area is 199 Å². The van der Waals surface area contributed by atoms with Gasteiger partial charge in [0.15, 0.2) is 5.69 Å². The first-order valence-electron chi connectivity index (χ1n) is 10.8. The van der Waals surface area contributed by atoms with Gasteiger partial charge >= 0.3 is 0 Å². The average Bonchev–Trinajstić information content (AvgIpc) is 3.17. The Hall–Kier alpha value is -3.72. The summed E-state index contributed by atoms with van der Waals surface area (Å²) in [7, 11) is 0. The van der Waals surface area contributed by atoms with Crippen LogP contribution in [0.15, 0.2) is 54.2 Å². The predicted octanol–water partition coefficient (Wildman–Crippen LogP) is 2.75. The third kappa shape index (κ3) is 3.81. The number of nitrogens with zero attached hydrogens (tertiary/aromatic N) is 3. The molecule has 1 aliphatic carbocycles. The summed E-state index contributed by atoms with van der Waals surface area (Å²) in [6.45, 7) is -0.212. The lowest BCUT2D eigenvalue weighted by Gasteiger charge is -2.45. The molecule has 8 nitrogen and oxygen atoms in total. The maximum atomic E-state index is 14.2. The second-order valence-electron chi connectivity index (χ2n) is 8.52. The SMILES string of the molecule is NC(=O)c1nn(CC(=O)N2C=C3CC(C3)[C@@H]2C(=O)NCc2cccc(Cl)c2F)c2ccccc12. The van der Waals surface area contributed by atoms with Gasteiger partial charge in [0.1, 0.15) is 18.4 Å². The molecule has 2 aromatic carbocycles. The molecule has 6 rings (SSSR count). The number of carbonyl (C=O) groups excluding carboxylic acids is 3. The highest BCUT2D eigenvalue weighted by Gasteiger charge is 2.45.